The Balaban J connectivity index is 2.02. The summed E-state index contributed by atoms with van der Waals surface area (Å²) in [6.07, 6.45) is 13.6. The number of hydrogen-bond acceptors (Lipinski definition) is 2. The van der Waals surface area contributed by atoms with E-state index < -0.39 is 0 Å². The maximum Gasteiger partial charge on any atom is 0.0551 e. The number of rotatable bonds is 5. The fraction of sp³-hybridized carbons (Fsp3) is 0.882. The van der Waals surface area contributed by atoms with Crippen LogP contribution in [0.4, 0.5) is 0 Å². The molecule has 1 aliphatic carbocycles. The van der Waals surface area contributed by atoms with Crippen molar-refractivity contribution in [2.45, 2.75) is 77.4 Å². The second-order valence-electron chi connectivity index (χ2n) is 6.30. The molecule has 0 spiro atoms. The van der Waals surface area contributed by atoms with Crippen LogP contribution in [0.25, 0.3) is 0 Å². The van der Waals surface area contributed by atoms with Crippen LogP contribution in [-0.2, 0) is 4.74 Å². The molecule has 2 nitrogen and oxygen atoms in total. The summed E-state index contributed by atoms with van der Waals surface area (Å²) in [5, 5.41) is 3.80. The summed E-state index contributed by atoms with van der Waals surface area (Å²) in [5.74, 6) is 0.687. The smallest absolute Gasteiger partial charge is 0.0551 e. The van der Waals surface area contributed by atoms with E-state index in [1.807, 2.05) is 0 Å². The van der Waals surface area contributed by atoms with Crippen molar-refractivity contribution in [2.24, 2.45) is 5.92 Å². The van der Waals surface area contributed by atoms with Crippen LogP contribution in [0, 0.1) is 5.92 Å². The number of allylic oxidation sites excluding steroid dienone is 1. The van der Waals surface area contributed by atoms with Crippen LogP contribution in [0.2, 0.25) is 0 Å². The van der Waals surface area contributed by atoms with Crippen LogP contribution < -0.4 is 5.32 Å². The Morgan fingerprint density at radius 3 is 2.89 bits per heavy atom. The first kappa shape index (κ1) is 15.1. The van der Waals surface area contributed by atoms with Crippen molar-refractivity contribution in [3.05, 3.63) is 11.6 Å². The van der Waals surface area contributed by atoms with Crippen LogP contribution >= 0.6 is 0 Å². The van der Waals surface area contributed by atoms with E-state index >= 15 is 0 Å². The first-order valence-electron chi connectivity index (χ1n) is 8.35. The van der Waals surface area contributed by atoms with E-state index in [4.69, 9.17) is 4.74 Å². The van der Waals surface area contributed by atoms with E-state index in [-0.39, 0.29) is 0 Å². The first-order valence-corrected chi connectivity index (χ1v) is 8.35. The SMILES string of the molecule is CCCNC(C1=CCCCCCC1)C1COC(C)C1. The van der Waals surface area contributed by atoms with E-state index in [0.717, 1.165) is 13.2 Å². The molecule has 0 bridgehead atoms. The molecule has 2 heteroatoms. The van der Waals surface area contributed by atoms with Crippen LogP contribution in [0.5, 0.6) is 0 Å². The van der Waals surface area contributed by atoms with Gasteiger partial charge in [-0.3, -0.25) is 0 Å². The molecule has 19 heavy (non-hydrogen) atoms. The third-order valence-corrected chi connectivity index (χ3v) is 4.54. The van der Waals surface area contributed by atoms with E-state index in [9.17, 15) is 0 Å². The molecule has 2 aliphatic rings. The van der Waals surface area contributed by atoms with Crippen molar-refractivity contribution in [3.8, 4) is 0 Å². The summed E-state index contributed by atoms with van der Waals surface area (Å²) in [6.45, 7) is 6.54. The molecule has 1 N–H and O–H groups in total. The Morgan fingerprint density at radius 1 is 1.32 bits per heavy atom. The molecule has 0 radical (unpaired) electrons. The van der Waals surface area contributed by atoms with E-state index in [1.54, 1.807) is 5.57 Å². The van der Waals surface area contributed by atoms with Gasteiger partial charge < -0.3 is 10.1 Å². The van der Waals surface area contributed by atoms with Crippen LogP contribution in [0.3, 0.4) is 0 Å². The molecule has 0 amide bonds. The molecule has 1 heterocycles. The molecule has 2 rings (SSSR count). The highest BCUT2D eigenvalue weighted by molar-refractivity contribution is 5.14. The highest BCUT2D eigenvalue weighted by Gasteiger charge is 2.31. The van der Waals surface area contributed by atoms with Gasteiger partial charge in [0.25, 0.3) is 0 Å². The largest absolute Gasteiger partial charge is 0.378 e. The third kappa shape index (κ3) is 4.61. The van der Waals surface area contributed by atoms with Crippen molar-refractivity contribution in [3.63, 3.8) is 0 Å². The average Bonchev–Trinajstić information content (AvgIpc) is 2.78. The lowest BCUT2D eigenvalue weighted by molar-refractivity contribution is 0.118. The van der Waals surface area contributed by atoms with Gasteiger partial charge in [0.2, 0.25) is 0 Å². The van der Waals surface area contributed by atoms with Gasteiger partial charge in [-0.1, -0.05) is 31.4 Å². The Hall–Kier alpha value is -0.340. The number of nitrogens with one attached hydrogen (secondary N) is 1. The molecular weight excluding hydrogens is 234 g/mol. The fourth-order valence-electron chi connectivity index (χ4n) is 3.48. The predicted molar refractivity (Wildman–Crippen MR) is 81.4 cm³/mol. The zero-order valence-corrected chi connectivity index (χ0v) is 12.8. The topological polar surface area (TPSA) is 21.3 Å². The molecule has 0 aromatic carbocycles. The average molecular weight is 265 g/mol. The van der Waals surface area contributed by atoms with Crippen molar-refractivity contribution < 1.29 is 4.74 Å². The van der Waals surface area contributed by atoms with Crippen molar-refractivity contribution >= 4 is 0 Å². The van der Waals surface area contributed by atoms with Gasteiger partial charge in [-0.05, 0) is 52.0 Å². The second kappa shape index (κ2) is 8.06. The first-order chi connectivity index (χ1) is 9.31. The van der Waals surface area contributed by atoms with Gasteiger partial charge in [0.1, 0.15) is 0 Å². The Bertz CT molecular complexity index is 287. The maximum atomic E-state index is 5.81. The molecule has 3 unspecified atom stereocenters. The molecule has 0 aromatic rings. The molecule has 0 saturated carbocycles. The van der Waals surface area contributed by atoms with Crippen molar-refractivity contribution in [1.82, 2.24) is 5.32 Å². The lowest BCUT2D eigenvalue weighted by Gasteiger charge is -2.28. The Labute approximate surface area is 119 Å². The van der Waals surface area contributed by atoms with Gasteiger partial charge in [0, 0.05) is 12.0 Å². The third-order valence-electron chi connectivity index (χ3n) is 4.54. The quantitative estimate of drug-likeness (QED) is 0.757. The predicted octanol–water partition coefficient (Wildman–Crippen LogP) is 4.06. The zero-order chi connectivity index (χ0) is 13.5. The van der Waals surface area contributed by atoms with E-state index in [1.165, 1.54) is 51.4 Å². The maximum absolute atomic E-state index is 5.81. The highest BCUT2D eigenvalue weighted by atomic mass is 16.5. The summed E-state index contributed by atoms with van der Waals surface area (Å²) in [5.41, 5.74) is 1.68. The highest BCUT2D eigenvalue weighted by Crippen LogP contribution is 2.29. The van der Waals surface area contributed by atoms with Crippen LogP contribution in [-0.4, -0.2) is 25.3 Å². The molecule has 1 saturated heterocycles. The van der Waals surface area contributed by atoms with Gasteiger partial charge in [-0.2, -0.15) is 0 Å². The Morgan fingerprint density at radius 2 is 2.16 bits per heavy atom. The minimum Gasteiger partial charge on any atom is -0.378 e. The lowest BCUT2D eigenvalue weighted by Crippen LogP contribution is -2.39. The lowest BCUT2D eigenvalue weighted by atomic mass is 9.86. The van der Waals surface area contributed by atoms with Crippen LogP contribution in [0.15, 0.2) is 11.6 Å². The number of ether oxygens (including phenoxy) is 1. The van der Waals surface area contributed by atoms with Gasteiger partial charge >= 0.3 is 0 Å². The molecular formula is C17H31NO. The normalized spacial score (nSPS) is 30.5. The van der Waals surface area contributed by atoms with Crippen molar-refractivity contribution in [2.75, 3.05) is 13.2 Å². The molecule has 3 atom stereocenters. The minimum absolute atomic E-state index is 0.449. The summed E-state index contributed by atoms with van der Waals surface area (Å²) in [7, 11) is 0. The standard InChI is InChI=1S/C17H31NO/c1-3-11-18-17(16-12-14(2)19-13-16)15-9-7-5-4-6-8-10-15/h9,14,16-18H,3-8,10-13H2,1-2H3. The summed E-state index contributed by atoms with van der Waals surface area (Å²) in [4.78, 5) is 0. The molecule has 0 aromatic heterocycles. The van der Waals surface area contributed by atoms with Crippen molar-refractivity contribution in [1.29, 1.82) is 0 Å². The van der Waals surface area contributed by atoms with Gasteiger partial charge in [0.05, 0.1) is 12.7 Å². The summed E-state index contributed by atoms with van der Waals surface area (Å²) in [6, 6.07) is 0.572. The Kier molecular flexibility index (Phi) is 6.39. The van der Waals surface area contributed by atoms with E-state index in [2.05, 4.69) is 25.2 Å². The van der Waals surface area contributed by atoms with Gasteiger partial charge in [0.15, 0.2) is 0 Å². The minimum atomic E-state index is 0.449. The summed E-state index contributed by atoms with van der Waals surface area (Å²) < 4.78 is 5.81. The summed E-state index contributed by atoms with van der Waals surface area (Å²) >= 11 is 0. The number of hydrogen-bond donors (Lipinski definition) is 1. The monoisotopic (exact) mass is 265 g/mol. The molecule has 110 valence electrons. The van der Waals surface area contributed by atoms with Gasteiger partial charge in [-0.25, -0.2) is 0 Å². The van der Waals surface area contributed by atoms with Crippen LogP contribution in [0.1, 0.15) is 65.2 Å². The van der Waals surface area contributed by atoms with E-state index in [0.29, 0.717) is 18.1 Å². The fourth-order valence-corrected chi connectivity index (χ4v) is 3.48. The molecule has 1 fully saturated rings. The molecule has 1 aliphatic heterocycles. The second-order valence-corrected chi connectivity index (χ2v) is 6.30. The zero-order valence-electron chi connectivity index (χ0n) is 12.8. The van der Waals surface area contributed by atoms with Gasteiger partial charge in [-0.15, -0.1) is 0 Å².